The summed E-state index contributed by atoms with van der Waals surface area (Å²) in [6.45, 7) is 2.67. The molecule has 7 nitrogen and oxygen atoms in total. The number of hydrogen-bond acceptors (Lipinski definition) is 5. The van der Waals surface area contributed by atoms with Gasteiger partial charge in [-0.1, -0.05) is 37.6 Å². The van der Waals surface area contributed by atoms with Crippen LogP contribution in [0.4, 0.5) is 11.4 Å². The van der Waals surface area contributed by atoms with E-state index in [0.717, 1.165) is 17.7 Å². The van der Waals surface area contributed by atoms with Crippen LogP contribution in [0.3, 0.4) is 0 Å². The van der Waals surface area contributed by atoms with E-state index in [1.807, 2.05) is 0 Å². The Balaban J connectivity index is 1.42. The van der Waals surface area contributed by atoms with Gasteiger partial charge in [-0.3, -0.25) is 19.7 Å². The molecule has 34 heavy (non-hydrogen) atoms. The first-order valence-corrected chi connectivity index (χ1v) is 11.3. The molecule has 0 saturated carbocycles. The van der Waals surface area contributed by atoms with E-state index in [4.69, 9.17) is 17.0 Å². The van der Waals surface area contributed by atoms with Crippen LogP contribution in [0, 0.1) is 0 Å². The molecule has 0 radical (unpaired) electrons. The summed E-state index contributed by atoms with van der Waals surface area (Å²) in [4.78, 5) is 39.2. The molecule has 1 aliphatic rings. The van der Waals surface area contributed by atoms with Gasteiger partial charge < -0.3 is 10.1 Å². The average molecular weight is 474 g/mol. The standard InChI is InChI=1S/C26H23N3O4S/c1-2-3-14-33-20-11-6-8-17(15-20)23(30)28-26(34)27-18-9-7-10-19(16-18)29-24(31)21-12-4-5-13-22(21)25(29)32/h4-13,15-16H,2-3,14H2,1H3,(H2,27,28,30,34). The van der Waals surface area contributed by atoms with Crippen LogP contribution in [0.2, 0.25) is 0 Å². The van der Waals surface area contributed by atoms with Crippen molar-refractivity contribution in [2.75, 3.05) is 16.8 Å². The summed E-state index contributed by atoms with van der Waals surface area (Å²) < 4.78 is 5.65. The summed E-state index contributed by atoms with van der Waals surface area (Å²) in [5.41, 5.74) is 2.08. The number of anilines is 2. The molecule has 3 amide bonds. The Morgan fingerprint density at radius 1 is 0.941 bits per heavy atom. The Labute approximate surface area is 202 Å². The van der Waals surface area contributed by atoms with Gasteiger partial charge in [-0.25, -0.2) is 4.90 Å². The van der Waals surface area contributed by atoms with Gasteiger partial charge in [0.2, 0.25) is 0 Å². The second-order valence-electron chi connectivity index (χ2n) is 7.68. The maximum Gasteiger partial charge on any atom is 0.266 e. The van der Waals surface area contributed by atoms with Crippen LogP contribution in [0.5, 0.6) is 5.75 Å². The minimum Gasteiger partial charge on any atom is -0.494 e. The van der Waals surface area contributed by atoms with Crippen molar-refractivity contribution in [2.24, 2.45) is 0 Å². The second-order valence-corrected chi connectivity index (χ2v) is 8.09. The molecule has 0 aromatic heterocycles. The lowest BCUT2D eigenvalue weighted by atomic mass is 10.1. The van der Waals surface area contributed by atoms with Crippen molar-refractivity contribution >= 4 is 46.4 Å². The summed E-state index contributed by atoms with van der Waals surface area (Å²) in [6, 6.07) is 20.3. The fraction of sp³-hybridized carbons (Fsp3) is 0.154. The molecule has 2 N–H and O–H groups in total. The van der Waals surface area contributed by atoms with Crippen molar-refractivity contribution in [2.45, 2.75) is 19.8 Å². The summed E-state index contributed by atoms with van der Waals surface area (Å²) in [5.74, 6) is -0.520. The summed E-state index contributed by atoms with van der Waals surface area (Å²) in [7, 11) is 0. The minimum atomic E-state index is -0.380. The number of benzene rings is 3. The third kappa shape index (κ3) is 4.97. The van der Waals surface area contributed by atoms with Crippen molar-refractivity contribution in [3.8, 4) is 5.75 Å². The number of nitrogens with zero attached hydrogens (tertiary/aromatic N) is 1. The topological polar surface area (TPSA) is 87.7 Å². The molecule has 1 heterocycles. The van der Waals surface area contributed by atoms with Crippen molar-refractivity contribution in [3.05, 3.63) is 89.5 Å². The Morgan fingerprint density at radius 3 is 2.35 bits per heavy atom. The molecule has 0 aliphatic carbocycles. The zero-order valence-electron chi connectivity index (χ0n) is 18.5. The fourth-order valence-corrected chi connectivity index (χ4v) is 3.76. The number of carbonyl (C=O) groups is 3. The van der Waals surface area contributed by atoms with E-state index in [2.05, 4.69) is 17.6 Å². The summed E-state index contributed by atoms with van der Waals surface area (Å²) in [6.07, 6.45) is 1.96. The fourth-order valence-electron chi connectivity index (χ4n) is 3.55. The van der Waals surface area contributed by atoms with Gasteiger partial charge in [0, 0.05) is 11.3 Å². The summed E-state index contributed by atoms with van der Waals surface area (Å²) in [5, 5.41) is 5.66. The van der Waals surface area contributed by atoms with Gasteiger partial charge in [-0.15, -0.1) is 0 Å². The highest BCUT2D eigenvalue weighted by atomic mass is 32.1. The van der Waals surface area contributed by atoms with E-state index in [1.165, 1.54) is 0 Å². The van der Waals surface area contributed by atoms with Crippen molar-refractivity contribution in [1.82, 2.24) is 5.32 Å². The zero-order valence-corrected chi connectivity index (χ0v) is 19.4. The third-order valence-electron chi connectivity index (χ3n) is 5.25. The number of imide groups is 1. The van der Waals surface area contributed by atoms with Crippen LogP contribution in [0.1, 0.15) is 50.8 Å². The van der Waals surface area contributed by atoms with Gasteiger partial charge >= 0.3 is 0 Å². The Hall–Kier alpha value is -4.04. The number of amides is 3. The molecule has 0 saturated heterocycles. The number of nitrogens with one attached hydrogen (secondary N) is 2. The Morgan fingerprint density at radius 2 is 1.65 bits per heavy atom. The van der Waals surface area contributed by atoms with Gasteiger partial charge in [-0.2, -0.15) is 0 Å². The van der Waals surface area contributed by atoms with E-state index in [9.17, 15) is 14.4 Å². The first-order valence-electron chi connectivity index (χ1n) is 10.9. The number of ether oxygens (including phenoxy) is 1. The van der Waals surface area contributed by atoms with Crippen LogP contribution in [-0.2, 0) is 0 Å². The largest absolute Gasteiger partial charge is 0.494 e. The quantitative estimate of drug-likeness (QED) is 0.291. The first kappa shape index (κ1) is 23.1. The number of hydrogen-bond donors (Lipinski definition) is 2. The molecular weight excluding hydrogens is 450 g/mol. The molecule has 0 atom stereocenters. The van der Waals surface area contributed by atoms with Gasteiger partial charge in [0.15, 0.2) is 5.11 Å². The average Bonchev–Trinajstić information content (AvgIpc) is 3.09. The second kappa shape index (κ2) is 10.3. The molecule has 1 aliphatic heterocycles. The van der Waals surface area contributed by atoms with E-state index in [0.29, 0.717) is 40.4 Å². The first-order chi connectivity index (χ1) is 16.5. The predicted octanol–water partition coefficient (Wildman–Crippen LogP) is 4.79. The zero-order chi connectivity index (χ0) is 24.1. The molecule has 0 spiro atoms. The predicted molar refractivity (Wildman–Crippen MR) is 135 cm³/mol. The lowest BCUT2D eigenvalue weighted by molar-refractivity contribution is 0.0924. The molecular formula is C26H23N3O4S. The number of rotatable bonds is 7. The van der Waals surface area contributed by atoms with Gasteiger partial charge in [0.05, 0.1) is 23.4 Å². The molecule has 0 bridgehead atoms. The van der Waals surface area contributed by atoms with Gasteiger partial charge in [0.25, 0.3) is 17.7 Å². The van der Waals surface area contributed by atoms with Gasteiger partial charge in [-0.05, 0) is 67.2 Å². The van der Waals surface area contributed by atoms with E-state index >= 15 is 0 Å². The van der Waals surface area contributed by atoms with Crippen molar-refractivity contribution < 1.29 is 19.1 Å². The number of fused-ring (bicyclic) bond motifs is 1. The molecule has 3 aromatic carbocycles. The van der Waals surface area contributed by atoms with E-state index in [1.54, 1.807) is 72.8 Å². The molecule has 0 fully saturated rings. The van der Waals surface area contributed by atoms with E-state index < -0.39 is 0 Å². The highest BCUT2D eigenvalue weighted by Gasteiger charge is 2.36. The smallest absolute Gasteiger partial charge is 0.266 e. The maximum atomic E-state index is 12.7. The van der Waals surface area contributed by atoms with Crippen LogP contribution in [0.15, 0.2) is 72.8 Å². The molecule has 8 heteroatoms. The van der Waals surface area contributed by atoms with Gasteiger partial charge in [0.1, 0.15) is 5.75 Å². The molecule has 0 unspecified atom stereocenters. The molecule has 3 aromatic rings. The van der Waals surface area contributed by atoms with Crippen LogP contribution < -0.4 is 20.3 Å². The van der Waals surface area contributed by atoms with Crippen LogP contribution >= 0.6 is 12.2 Å². The summed E-state index contributed by atoms with van der Waals surface area (Å²) >= 11 is 5.29. The lowest BCUT2D eigenvalue weighted by Gasteiger charge is -2.16. The highest BCUT2D eigenvalue weighted by Crippen LogP contribution is 2.29. The Bertz CT molecular complexity index is 1240. The third-order valence-corrected chi connectivity index (χ3v) is 5.45. The highest BCUT2D eigenvalue weighted by molar-refractivity contribution is 7.80. The Kier molecular flexibility index (Phi) is 6.98. The van der Waals surface area contributed by atoms with Crippen LogP contribution in [0.25, 0.3) is 0 Å². The molecule has 4 rings (SSSR count). The van der Waals surface area contributed by atoms with Crippen molar-refractivity contribution in [1.29, 1.82) is 0 Å². The van der Waals surface area contributed by atoms with Crippen LogP contribution in [-0.4, -0.2) is 29.4 Å². The molecule has 172 valence electrons. The number of unbranched alkanes of at least 4 members (excludes halogenated alkanes) is 1. The van der Waals surface area contributed by atoms with Crippen molar-refractivity contribution in [3.63, 3.8) is 0 Å². The SMILES string of the molecule is CCCCOc1cccc(C(=O)NC(=S)Nc2cccc(N3C(=O)c4ccccc4C3=O)c2)c1. The normalized spacial score (nSPS) is 12.3. The number of thiocarbonyl (C=S) groups is 1. The minimum absolute atomic E-state index is 0.0850. The van der Waals surface area contributed by atoms with E-state index in [-0.39, 0.29) is 22.8 Å². The number of carbonyl (C=O) groups excluding carboxylic acids is 3. The lowest BCUT2D eigenvalue weighted by Crippen LogP contribution is -2.34. The maximum absolute atomic E-state index is 12.7. The monoisotopic (exact) mass is 473 g/mol.